The Morgan fingerprint density at radius 3 is 2.42 bits per heavy atom. The van der Waals surface area contributed by atoms with Crippen LogP contribution in [0.4, 0.5) is 13.2 Å². The van der Waals surface area contributed by atoms with Gasteiger partial charge in [-0.15, -0.1) is 0 Å². The lowest BCUT2D eigenvalue weighted by Crippen LogP contribution is -2.45. The molecular formula is C31H37F3N4. The molecular weight excluding hydrogens is 485 g/mol. The molecule has 5 atom stereocenters. The monoisotopic (exact) mass is 522 g/mol. The van der Waals surface area contributed by atoms with Crippen LogP contribution in [0.15, 0.2) is 71.6 Å². The Bertz CT molecular complexity index is 1260. The van der Waals surface area contributed by atoms with E-state index in [0.717, 1.165) is 40.9 Å². The highest BCUT2D eigenvalue weighted by Crippen LogP contribution is 2.43. The van der Waals surface area contributed by atoms with E-state index in [2.05, 4.69) is 36.0 Å². The number of benzene rings is 2. The molecule has 0 radical (unpaired) electrons. The van der Waals surface area contributed by atoms with Gasteiger partial charge in [-0.3, -0.25) is 0 Å². The maximum atomic E-state index is 13.2. The molecule has 1 fully saturated rings. The fourth-order valence-corrected chi connectivity index (χ4v) is 6.65. The van der Waals surface area contributed by atoms with Crippen LogP contribution >= 0.6 is 0 Å². The van der Waals surface area contributed by atoms with Crippen LogP contribution in [0.2, 0.25) is 0 Å². The summed E-state index contributed by atoms with van der Waals surface area (Å²) in [5, 5.41) is 3.79. The number of alkyl halides is 3. The second-order valence-electron chi connectivity index (χ2n) is 11.5. The lowest BCUT2D eigenvalue weighted by molar-refractivity contribution is -0.137. The van der Waals surface area contributed by atoms with E-state index < -0.39 is 11.7 Å². The van der Waals surface area contributed by atoms with Gasteiger partial charge in [-0.05, 0) is 65.7 Å². The summed E-state index contributed by atoms with van der Waals surface area (Å²) in [4.78, 5) is 6.61. The lowest BCUT2D eigenvalue weighted by Gasteiger charge is -2.41. The van der Waals surface area contributed by atoms with E-state index in [-0.39, 0.29) is 12.1 Å². The standard InChI is InChI=1S/C31H37F3N4/c1-18(2)26-13-12-24(16-19(26)3)30-37-27(28-29(35)36-14-15-38(28)30)22-10-8-21(9-11-22)20(4)23-6-5-7-25(17-23)31(32,33)34/h5-11,14-15,17-20,24,26,30,37H,12-13,16H2,1-4H3,(H2,35,36)/t19-,20+,24?,26?,30?/m1/s1. The van der Waals surface area contributed by atoms with Gasteiger partial charge in [0.1, 0.15) is 17.7 Å². The topological polar surface area (TPSA) is 53.6 Å². The van der Waals surface area contributed by atoms with Crippen LogP contribution in [-0.2, 0) is 6.18 Å². The number of nitrogens with zero attached hydrogens (tertiary/aromatic N) is 2. The number of hydrogen-bond donors (Lipinski definition) is 2. The first-order chi connectivity index (χ1) is 18.0. The maximum Gasteiger partial charge on any atom is 0.416 e. The third-order valence-corrected chi connectivity index (χ3v) is 8.76. The quantitative estimate of drug-likeness (QED) is 0.433. The summed E-state index contributed by atoms with van der Waals surface area (Å²) in [6, 6.07) is 13.6. The molecule has 0 aromatic heterocycles. The van der Waals surface area contributed by atoms with E-state index in [1.54, 1.807) is 12.3 Å². The minimum absolute atomic E-state index is 0.115. The van der Waals surface area contributed by atoms with Crippen molar-refractivity contribution in [3.63, 3.8) is 0 Å². The summed E-state index contributed by atoms with van der Waals surface area (Å²) in [5.41, 5.74) is 10.2. The summed E-state index contributed by atoms with van der Waals surface area (Å²) in [6.07, 6.45) is 3.10. The SMILES string of the molecule is CC(C)C1CCC(C2NC(c3ccc([C@H](C)c4cccc(C(F)(F)F)c4)cc3)=C3C(N)=NC=CN32)C[C@H]1C. The summed E-state index contributed by atoms with van der Waals surface area (Å²) >= 11 is 0. The molecule has 2 aromatic carbocycles. The Morgan fingerprint density at radius 2 is 1.76 bits per heavy atom. The van der Waals surface area contributed by atoms with E-state index >= 15 is 0 Å². The maximum absolute atomic E-state index is 13.2. The Balaban J connectivity index is 1.39. The average Bonchev–Trinajstić information content (AvgIpc) is 3.29. The van der Waals surface area contributed by atoms with Crippen molar-refractivity contribution in [3.05, 3.63) is 88.9 Å². The highest BCUT2D eigenvalue weighted by Gasteiger charge is 2.41. The second-order valence-corrected chi connectivity index (χ2v) is 11.5. The molecule has 4 nitrogen and oxygen atoms in total. The number of rotatable bonds is 5. The molecule has 3 aliphatic rings. The molecule has 38 heavy (non-hydrogen) atoms. The van der Waals surface area contributed by atoms with Crippen molar-refractivity contribution in [2.45, 2.75) is 65.2 Å². The first kappa shape index (κ1) is 26.4. The van der Waals surface area contributed by atoms with Gasteiger partial charge in [0.25, 0.3) is 0 Å². The molecule has 2 aromatic rings. The predicted octanol–water partition coefficient (Wildman–Crippen LogP) is 7.31. The summed E-state index contributed by atoms with van der Waals surface area (Å²) in [5.74, 6) is 2.92. The van der Waals surface area contributed by atoms with Gasteiger partial charge in [0, 0.05) is 18.3 Å². The molecule has 3 unspecified atom stereocenters. The third-order valence-electron chi connectivity index (χ3n) is 8.76. The predicted molar refractivity (Wildman–Crippen MR) is 147 cm³/mol. The minimum atomic E-state index is -4.36. The normalized spacial score (nSPS) is 26.3. The van der Waals surface area contributed by atoms with Gasteiger partial charge in [0.2, 0.25) is 0 Å². The highest BCUT2D eigenvalue weighted by molar-refractivity contribution is 6.05. The second kappa shape index (κ2) is 10.2. The Morgan fingerprint density at radius 1 is 1.03 bits per heavy atom. The van der Waals surface area contributed by atoms with Gasteiger partial charge in [0.15, 0.2) is 0 Å². The van der Waals surface area contributed by atoms with Crippen molar-refractivity contribution >= 4 is 11.5 Å². The number of nitrogens with two attached hydrogens (primary N) is 1. The number of hydrogen-bond acceptors (Lipinski definition) is 4. The van der Waals surface area contributed by atoms with Crippen molar-refractivity contribution in [2.24, 2.45) is 34.4 Å². The van der Waals surface area contributed by atoms with E-state index in [0.29, 0.717) is 29.2 Å². The van der Waals surface area contributed by atoms with E-state index in [1.165, 1.54) is 25.0 Å². The van der Waals surface area contributed by atoms with Crippen molar-refractivity contribution in [1.29, 1.82) is 0 Å². The van der Waals surface area contributed by atoms with Crippen LogP contribution in [0.3, 0.4) is 0 Å². The Labute approximate surface area is 223 Å². The molecule has 2 aliphatic heterocycles. The largest absolute Gasteiger partial charge is 0.416 e. The van der Waals surface area contributed by atoms with Crippen LogP contribution in [0.5, 0.6) is 0 Å². The van der Waals surface area contributed by atoms with Gasteiger partial charge in [0.05, 0.1) is 11.3 Å². The molecule has 202 valence electrons. The van der Waals surface area contributed by atoms with Crippen molar-refractivity contribution < 1.29 is 13.2 Å². The summed E-state index contributed by atoms with van der Waals surface area (Å²) < 4.78 is 39.7. The van der Waals surface area contributed by atoms with Crippen LogP contribution in [-0.4, -0.2) is 16.9 Å². The van der Waals surface area contributed by atoms with Gasteiger partial charge in [-0.1, -0.05) is 70.2 Å². The molecule has 1 aliphatic carbocycles. The smallest absolute Gasteiger partial charge is 0.382 e. The highest BCUT2D eigenvalue weighted by atomic mass is 19.4. The lowest BCUT2D eigenvalue weighted by atomic mass is 9.69. The number of amidine groups is 1. The third kappa shape index (κ3) is 4.95. The minimum Gasteiger partial charge on any atom is -0.382 e. The zero-order valence-corrected chi connectivity index (χ0v) is 22.5. The molecule has 0 amide bonds. The molecule has 3 N–H and O–H groups in total. The fourth-order valence-electron chi connectivity index (χ4n) is 6.65. The molecule has 7 heteroatoms. The molecule has 0 bridgehead atoms. The van der Waals surface area contributed by atoms with E-state index in [9.17, 15) is 13.2 Å². The van der Waals surface area contributed by atoms with Gasteiger partial charge in [-0.25, -0.2) is 4.99 Å². The molecule has 0 saturated heterocycles. The Kier molecular flexibility index (Phi) is 7.05. The van der Waals surface area contributed by atoms with Crippen molar-refractivity contribution in [2.75, 3.05) is 0 Å². The average molecular weight is 523 g/mol. The molecule has 0 spiro atoms. The van der Waals surface area contributed by atoms with E-state index in [4.69, 9.17) is 5.73 Å². The van der Waals surface area contributed by atoms with E-state index in [1.807, 2.05) is 37.4 Å². The van der Waals surface area contributed by atoms with Gasteiger partial charge < -0.3 is 16.0 Å². The first-order valence-electron chi connectivity index (χ1n) is 13.6. The van der Waals surface area contributed by atoms with Crippen LogP contribution < -0.4 is 11.1 Å². The van der Waals surface area contributed by atoms with Crippen molar-refractivity contribution in [1.82, 2.24) is 10.2 Å². The number of halogens is 3. The number of fused-ring (bicyclic) bond motifs is 1. The number of aliphatic imine (C=N–C) groups is 1. The number of nitrogens with one attached hydrogen (secondary N) is 1. The Hall–Kier alpha value is -3.22. The van der Waals surface area contributed by atoms with Crippen LogP contribution in [0.25, 0.3) is 5.70 Å². The molecule has 1 saturated carbocycles. The zero-order chi connectivity index (χ0) is 27.2. The molecule has 2 heterocycles. The van der Waals surface area contributed by atoms with Crippen LogP contribution in [0.1, 0.15) is 75.1 Å². The summed E-state index contributed by atoms with van der Waals surface area (Å²) in [6.45, 7) is 8.97. The first-order valence-corrected chi connectivity index (χ1v) is 13.6. The van der Waals surface area contributed by atoms with Crippen LogP contribution in [0, 0.1) is 23.7 Å². The molecule has 5 rings (SSSR count). The van der Waals surface area contributed by atoms with Crippen molar-refractivity contribution in [3.8, 4) is 0 Å². The van der Waals surface area contributed by atoms with Gasteiger partial charge >= 0.3 is 6.18 Å². The fraction of sp³-hybridized carbons (Fsp3) is 0.452. The van der Waals surface area contributed by atoms with Gasteiger partial charge in [-0.2, -0.15) is 13.2 Å². The summed E-state index contributed by atoms with van der Waals surface area (Å²) in [7, 11) is 0. The zero-order valence-electron chi connectivity index (χ0n) is 22.5.